The molecule has 0 aliphatic carbocycles. The first-order valence-electron chi connectivity index (χ1n) is 6.65. The average molecular weight is 271 g/mol. The van der Waals surface area contributed by atoms with Crippen molar-refractivity contribution < 1.29 is 9.90 Å². The Morgan fingerprint density at radius 3 is 2.40 bits per heavy atom. The lowest BCUT2D eigenvalue weighted by Crippen LogP contribution is -2.53. The van der Waals surface area contributed by atoms with E-state index >= 15 is 0 Å². The number of carbonyl (C=O) groups is 1. The van der Waals surface area contributed by atoms with E-state index in [0.29, 0.717) is 18.7 Å². The fourth-order valence-corrected chi connectivity index (χ4v) is 2.44. The van der Waals surface area contributed by atoms with Gasteiger partial charge < -0.3 is 10.0 Å². The molecule has 0 unspecified atom stereocenters. The minimum Gasteiger partial charge on any atom is -0.389 e. The van der Waals surface area contributed by atoms with Gasteiger partial charge in [0.25, 0.3) is 5.91 Å². The summed E-state index contributed by atoms with van der Waals surface area (Å²) in [5, 5.41) is 13.6. The molecule has 0 radical (unpaired) electrons. The van der Waals surface area contributed by atoms with E-state index in [2.05, 4.69) is 5.10 Å². The van der Waals surface area contributed by atoms with Crippen LogP contribution in [-0.2, 0) is 0 Å². The third-order valence-electron chi connectivity index (χ3n) is 3.52. The summed E-state index contributed by atoms with van der Waals surface area (Å²) in [4.78, 5) is 13.7. The van der Waals surface area contributed by atoms with Crippen LogP contribution in [0, 0.1) is 13.8 Å². The Balaban J connectivity index is 1.81. The highest BCUT2D eigenvalue weighted by molar-refractivity contribution is 5.95. The van der Waals surface area contributed by atoms with Gasteiger partial charge in [-0.2, -0.15) is 5.10 Å². The van der Waals surface area contributed by atoms with Crippen LogP contribution in [0.4, 0.5) is 0 Å². The zero-order valence-electron chi connectivity index (χ0n) is 11.6. The quantitative estimate of drug-likeness (QED) is 0.896. The van der Waals surface area contributed by atoms with Crippen molar-refractivity contribution in [2.45, 2.75) is 20.0 Å². The SMILES string of the molecule is Cc1cc(C)n(-c2ccc(C(=O)N3CC(O)C3)cc2)n1. The molecular weight excluding hydrogens is 254 g/mol. The van der Waals surface area contributed by atoms with E-state index in [4.69, 9.17) is 0 Å². The Bertz CT molecular complexity index is 640. The number of aliphatic hydroxyl groups is 1. The fourth-order valence-electron chi connectivity index (χ4n) is 2.44. The Morgan fingerprint density at radius 2 is 1.90 bits per heavy atom. The van der Waals surface area contributed by atoms with Gasteiger partial charge in [0, 0.05) is 24.3 Å². The number of carbonyl (C=O) groups excluding carboxylic acids is 1. The molecule has 0 bridgehead atoms. The number of β-amino-alcohol motifs (C(OH)–C–C–N with tert-alkyl or cyclic N) is 1. The summed E-state index contributed by atoms with van der Waals surface area (Å²) in [5.41, 5.74) is 3.61. The van der Waals surface area contributed by atoms with Crippen LogP contribution in [0.25, 0.3) is 5.69 Å². The molecule has 1 aliphatic heterocycles. The number of hydrogen-bond acceptors (Lipinski definition) is 3. The van der Waals surface area contributed by atoms with Crippen LogP contribution < -0.4 is 0 Å². The molecule has 20 heavy (non-hydrogen) atoms. The van der Waals surface area contributed by atoms with Gasteiger partial charge in [-0.3, -0.25) is 4.79 Å². The molecule has 1 fully saturated rings. The number of aliphatic hydroxyl groups excluding tert-OH is 1. The topological polar surface area (TPSA) is 58.4 Å². The lowest BCUT2D eigenvalue weighted by molar-refractivity contribution is 0.00589. The molecule has 1 amide bonds. The Labute approximate surface area is 117 Å². The minimum atomic E-state index is -0.368. The van der Waals surface area contributed by atoms with Crippen LogP contribution in [0.3, 0.4) is 0 Å². The van der Waals surface area contributed by atoms with Crippen molar-refractivity contribution in [2.75, 3.05) is 13.1 Å². The van der Waals surface area contributed by atoms with Gasteiger partial charge in [-0.05, 0) is 44.2 Å². The molecule has 5 nitrogen and oxygen atoms in total. The van der Waals surface area contributed by atoms with Crippen LogP contribution in [0.2, 0.25) is 0 Å². The van der Waals surface area contributed by atoms with Gasteiger partial charge in [0.2, 0.25) is 0 Å². The summed E-state index contributed by atoms with van der Waals surface area (Å²) < 4.78 is 1.86. The van der Waals surface area contributed by atoms with Gasteiger partial charge in [0.1, 0.15) is 0 Å². The number of hydrogen-bond donors (Lipinski definition) is 1. The highest BCUT2D eigenvalue weighted by atomic mass is 16.3. The average Bonchev–Trinajstić information content (AvgIpc) is 2.74. The summed E-state index contributed by atoms with van der Waals surface area (Å²) in [6.45, 7) is 4.81. The number of rotatable bonds is 2. The van der Waals surface area contributed by atoms with Crippen LogP contribution in [0.5, 0.6) is 0 Å². The molecule has 2 aromatic rings. The molecular formula is C15H17N3O2. The maximum atomic E-state index is 12.1. The number of aryl methyl sites for hydroxylation is 2. The zero-order valence-corrected chi connectivity index (χ0v) is 11.6. The van der Waals surface area contributed by atoms with Crippen LogP contribution in [-0.4, -0.2) is 44.9 Å². The second kappa shape index (κ2) is 4.76. The van der Waals surface area contributed by atoms with Crippen molar-refractivity contribution >= 4 is 5.91 Å². The Kier molecular flexibility index (Phi) is 3.06. The molecule has 3 rings (SSSR count). The Hall–Kier alpha value is -2.14. The summed E-state index contributed by atoms with van der Waals surface area (Å²) in [6, 6.07) is 9.41. The maximum absolute atomic E-state index is 12.1. The highest BCUT2D eigenvalue weighted by Crippen LogP contribution is 2.16. The minimum absolute atomic E-state index is 0.0322. The van der Waals surface area contributed by atoms with E-state index < -0.39 is 0 Å². The first kappa shape index (κ1) is 12.9. The summed E-state index contributed by atoms with van der Waals surface area (Å²) in [6.07, 6.45) is -0.368. The molecule has 2 heterocycles. The maximum Gasteiger partial charge on any atom is 0.254 e. The highest BCUT2D eigenvalue weighted by Gasteiger charge is 2.29. The molecule has 1 N–H and O–H groups in total. The summed E-state index contributed by atoms with van der Waals surface area (Å²) in [5.74, 6) is -0.0322. The number of benzene rings is 1. The van der Waals surface area contributed by atoms with E-state index in [9.17, 15) is 9.90 Å². The van der Waals surface area contributed by atoms with Crippen molar-refractivity contribution in [1.82, 2.24) is 14.7 Å². The van der Waals surface area contributed by atoms with E-state index in [1.54, 1.807) is 17.0 Å². The predicted molar refractivity (Wildman–Crippen MR) is 74.9 cm³/mol. The first-order chi connectivity index (χ1) is 9.54. The van der Waals surface area contributed by atoms with Crippen LogP contribution in [0.1, 0.15) is 21.7 Å². The lowest BCUT2D eigenvalue weighted by Gasteiger charge is -2.35. The first-order valence-corrected chi connectivity index (χ1v) is 6.65. The zero-order chi connectivity index (χ0) is 14.3. The van der Waals surface area contributed by atoms with Gasteiger partial charge >= 0.3 is 0 Å². The van der Waals surface area contributed by atoms with Crippen LogP contribution >= 0.6 is 0 Å². The van der Waals surface area contributed by atoms with E-state index in [0.717, 1.165) is 17.1 Å². The standard InChI is InChI=1S/C15H17N3O2/c1-10-7-11(2)18(16-10)13-5-3-12(4-6-13)15(20)17-8-14(19)9-17/h3-7,14,19H,8-9H2,1-2H3. The van der Waals surface area contributed by atoms with Crippen molar-refractivity contribution in [3.63, 3.8) is 0 Å². The number of amides is 1. The van der Waals surface area contributed by atoms with Crippen molar-refractivity contribution in [3.8, 4) is 5.69 Å². The Morgan fingerprint density at radius 1 is 1.25 bits per heavy atom. The third-order valence-corrected chi connectivity index (χ3v) is 3.52. The monoisotopic (exact) mass is 271 g/mol. The molecule has 5 heteroatoms. The second-order valence-corrected chi connectivity index (χ2v) is 5.25. The van der Waals surface area contributed by atoms with Gasteiger partial charge in [0.15, 0.2) is 0 Å². The number of nitrogens with zero attached hydrogens (tertiary/aromatic N) is 3. The molecule has 104 valence electrons. The molecule has 0 spiro atoms. The summed E-state index contributed by atoms with van der Waals surface area (Å²) in [7, 11) is 0. The van der Waals surface area contributed by atoms with Gasteiger partial charge in [-0.1, -0.05) is 0 Å². The van der Waals surface area contributed by atoms with E-state index in [-0.39, 0.29) is 12.0 Å². The smallest absolute Gasteiger partial charge is 0.254 e. The normalized spacial score (nSPS) is 15.2. The van der Waals surface area contributed by atoms with Gasteiger partial charge in [0.05, 0.1) is 17.5 Å². The van der Waals surface area contributed by atoms with Gasteiger partial charge in [-0.15, -0.1) is 0 Å². The number of likely N-dealkylation sites (tertiary alicyclic amines) is 1. The van der Waals surface area contributed by atoms with E-state index in [1.165, 1.54) is 0 Å². The van der Waals surface area contributed by atoms with E-state index in [1.807, 2.05) is 36.7 Å². The third kappa shape index (κ3) is 2.20. The summed E-state index contributed by atoms with van der Waals surface area (Å²) >= 11 is 0. The molecule has 0 atom stereocenters. The fraction of sp³-hybridized carbons (Fsp3) is 0.333. The second-order valence-electron chi connectivity index (χ2n) is 5.25. The van der Waals surface area contributed by atoms with Crippen LogP contribution in [0.15, 0.2) is 30.3 Å². The molecule has 1 aliphatic rings. The molecule has 1 saturated heterocycles. The molecule has 0 saturated carbocycles. The largest absolute Gasteiger partial charge is 0.389 e. The molecule has 1 aromatic heterocycles. The van der Waals surface area contributed by atoms with Crippen molar-refractivity contribution in [3.05, 3.63) is 47.3 Å². The van der Waals surface area contributed by atoms with Crippen molar-refractivity contribution in [2.24, 2.45) is 0 Å². The predicted octanol–water partition coefficient (Wildman–Crippen LogP) is 1.31. The van der Waals surface area contributed by atoms with Crippen molar-refractivity contribution in [1.29, 1.82) is 0 Å². The van der Waals surface area contributed by atoms with Gasteiger partial charge in [-0.25, -0.2) is 4.68 Å². The number of aromatic nitrogens is 2. The lowest BCUT2D eigenvalue weighted by atomic mass is 10.1. The molecule has 1 aromatic carbocycles.